The second-order valence-corrected chi connectivity index (χ2v) is 7.19. The molecule has 28 heavy (non-hydrogen) atoms. The van der Waals surface area contributed by atoms with Gasteiger partial charge in [0.05, 0.1) is 11.7 Å². The molecule has 1 N–H and O–H groups in total. The lowest BCUT2D eigenvalue weighted by atomic mass is 10.1. The summed E-state index contributed by atoms with van der Waals surface area (Å²) >= 11 is 0. The molecule has 3 rings (SSSR count). The van der Waals surface area contributed by atoms with Gasteiger partial charge in [-0.3, -0.25) is 14.6 Å². The normalized spacial score (nSPS) is 16.8. The number of amides is 1. The SMILES string of the molecule is Cc1cccc(CN2CCN([C@H](C)C(=O)Nc3ccc(F)c(F)c3F)CC2)c1. The zero-order chi connectivity index (χ0) is 20.3. The van der Waals surface area contributed by atoms with E-state index in [0.717, 1.165) is 31.8 Å². The van der Waals surface area contributed by atoms with Crippen molar-refractivity contribution in [1.29, 1.82) is 0 Å². The number of halogens is 3. The Balaban J connectivity index is 1.54. The number of nitrogens with zero attached hydrogens (tertiary/aromatic N) is 2. The molecule has 1 heterocycles. The van der Waals surface area contributed by atoms with E-state index in [4.69, 9.17) is 0 Å². The fourth-order valence-electron chi connectivity index (χ4n) is 3.40. The molecular weight excluding hydrogens is 367 g/mol. The number of benzene rings is 2. The lowest BCUT2D eigenvalue weighted by Gasteiger charge is -2.37. The first-order chi connectivity index (χ1) is 13.3. The number of hydrogen-bond donors (Lipinski definition) is 1. The highest BCUT2D eigenvalue weighted by Crippen LogP contribution is 2.20. The average molecular weight is 391 g/mol. The zero-order valence-electron chi connectivity index (χ0n) is 16.0. The van der Waals surface area contributed by atoms with Crippen LogP contribution in [0.2, 0.25) is 0 Å². The predicted molar refractivity (Wildman–Crippen MR) is 102 cm³/mol. The van der Waals surface area contributed by atoms with Crippen LogP contribution in [0.4, 0.5) is 18.9 Å². The molecule has 1 aliphatic rings. The van der Waals surface area contributed by atoms with Crippen LogP contribution in [0.25, 0.3) is 0 Å². The Bertz CT molecular complexity index is 851. The Morgan fingerprint density at radius 3 is 2.46 bits per heavy atom. The first-order valence-electron chi connectivity index (χ1n) is 9.31. The van der Waals surface area contributed by atoms with Crippen LogP contribution in [0.1, 0.15) is 18.1 Å². The number of hydrogen-bond acceptors (Lipinski definition) is 3. The lowest BCUT2D eigenvalue weighted by molar-refractivity contribution is -0.121. The summed E-state index contributed by atoms with van der Waals surface area (Å²) in [5.41, 5.74) is 2.13. The van der Waals surface area contributed by atoms with Gasteiger partial charge in [0.25, 0.3) is 0 Å². The molecular formula is C21H24F3N3O. The first kappa shape index (κ1) is 20.4. The molecule has 0 spiro atoms. The van der Waals surface area contributed by atoms with Crippen LogP contribution in [0, 0.1) is 24.4 Å². The maximum atomic E-state index is 13.8. The number of carbonyl (C=O) groups is 1. The molecule has 0 aromatic heterocycles. The van der Waals surface area contributed by atoms with Gasteiger partial charge in [-0.15, -0.1) is 0 Å². The highest BCUT2D eigenvalue weighted by Gasteiger charge is 2.26. The van der Waals surface area contributed by atoms with Crippen molar-refractivity contribution in [2.45, 2.75) is 26.4 Å². The van der Waals surface area contributed by atoms with Gasteiger partial charge >= 0.3 is 0 Å². The van der Waals surface area contributed by atoms with Gasteiger partial charge in [0.1, 0.15) is 0 Å². The van der Waals surface area contributed by atoms with Crippen molar-refractivity contribution < 1.29 is 18.0 Å². The summed E-state index contributed by atoms with van der Waals surface area (Å²) in [6.45, 7) is 7.66. The van der Waals surface area contributed by atoms with E-state index in [9.17, 15) is 18.0 Å². The van der Waals surface area contributed by atoms with Crippen LogP contribution in [-0.2, 0) is 11.3 Å². The molecule has 1 fully saturated rings. The maximum Gasteiger partial charge on any atom is 0.241 e. The van der Waals surface area contributed by atoms with Crippen LogP contribution in [0.15, 0.2) is 36.4 Å². The van der Waals surface area contributed by atoms with Crippen molar-refractivity contribution in [1.82, 2.24) is 9.80 Å². The molecule has 0 bridgehead atoms. The van der Waals surface area contributed by atoms with E-state index in [1.807, 2.05) is 11.0 Å². The van der Waals surface area contributed by atoms with Gasteiger partial charge in [-0.1, -0.05) is 29.8 Å². The van der Waals surface area contributed by atoms with Gasteiger partial charge in [0, 0.05) is 32.7 Å². The summed E-state index contributed by atoms with van der Waals surface area (Å²) in [6.07, 6.45) is 0. The molecule has 1 amide bonds. The minimum absolute atomic E-state index is 0.353. The van der Waals surface area contributed by atoms with Gasteiger partial charge in [-0.25, -0.2) is 13.2 Å². The highest BCUT2D eigenvalue weighted by atomic mass is 19.2. The Morgan fingerprint density at radius 2 is 1.79 bits per heavy atom. The largest absolute Gasteiger partial charge is 0.322 e. The van der Waals surface area contributed by atoms with Gasteiger partial charge in [-0.05, 0) is 31.5 Å². The molecule has 150 valence electrons. The Kier molecular flexibility index (Phi) is 6.36. The molecule has 2 aromatic rings. The van der Waals surface area contributed by atoms with Crippen molar-refractivity contribution >= 4 is 11.6 Å². The lowest BCUT2D eigenvalue weighted by Crippen LogP contribution is -2.52. The first-order valence-corrected chi connectivity index (χ1v) is 9.31. The number of piperazine rings is 1. The number of nitrogens with one attached hydrogen (secondary N) is 1. The fraction of sp³-hybridized carbons (Fsp3) is 0.381. The molecule has 1 atom stereocenters. The van der Waals surface area contributed by atoms with E-state index in [-0.39, 0.29) is 5.69 Å². The minimum Gasteiger partial charge on any atom is -0.322 e. The Labute approximate surface area is 162 Å². The van der Waals surface area contributed by atoms with Crippen LogP contribution in [0.5, 0.6) is 0 Å². The highest BCUT2D eigenvalue weighted by molar-refractivity contribution is 5.94. The summed E-state index contributed by atoms with van der Waals surface area (Å²) in [5.74, 6) is -4.70. The fourth-order valence-corrected chi connectivity index (χ4v) is 3.40. The van der Waals surface area contributed by atoms with Crippen molar-refractivity contribution in [2.24, 2.45) is 0 Å². The van der Waals surface area contributed by atoms with Crippen molar-refractivity contribution in [3.8, 4) is 0 Å². The molecule has 1 aliphatic heterocycles. The quantitative estimate of drug-likeness (QED) is 0.792. The molecule has 7 heteroatoms. The second-order valence-electron chi connectivity index (χ2n) is 7.19. The summed E-state index contributed by atoms with van der Waals surface area (Å²) in [6, 6.07) is 9.70. The molecule has 1 saturated heterocycles. The number of anilines is 1. The van der Waals surface area contributed by atoms with E-state index in [2.05, 4.69) is 35.3 Å². The van der Waals surface area contributed by atoms with E-state index < -0.39 is 29.4 Å². The van der Waals surface area contributed by atoms with Crippen LogP contribution in [-0.4, -0.2) is 47.9 Å². The third-order valence-electron chi connectivity index (χ3n) is 5.12. The maximum absolute atomic E-state index is 13.8. The van der Waals surface area contributed by atoms with Crippen molar-refractivity contribution in [3.63, 3.8) is 0 Å². The molecule has 4 nitrogen and oxygen atoms in total. The number of carbonyl (C=O) groups excluding carboxylic acids is 1. The van der Waals surface area contributed by atoms with Crippen LogP contribution >= 0.6 is 0 Å². The topological polar surface area (TPSA) is 35.6 Å². The summed E-state index contributed by atoms with van der Waals surface area (Å²) in [5, 5.41) is 2.36. The van der Waals surface area contributed by atoms with E-state index in [0.29, 0.717) is 13.1 Å². The monoisotopic (exact) mass is 391 g/mol. The van der Waals surface area contributed by atoms with E-state index in [1.165, 1.54) is 11.1 Å². The molecule has 0 unspecified atom stereocenters. The predicted octanol–water partition coefficient (Wildman–Crippen LogP) is 3.56. The average Bonchev–Trinajstić information content (AvgIpc) is 2.68. The van der Waals surface area contributed by atoms with Gasteiger partial charge in [-0.2, -0.15) is 0 Å². The van der Waals surface area contributed by atoms with Crippen LogP contribution in [0.3, 0.4) is 0 Å². The molecule has 0 saturated carbocycles. The smallest absolute Gasteiger partial charge is 0.241 e. The standard InChI is InChI=1S/C21H24F3N3O/c1-14-4-3-5-16(12-14)13-26-8-10-27(11-9-26)15(2)21(28)25-18-7-6-17(22)19(23)20(18)24/h3-7,12,15H,8-11,13H2,1-2H3,(H,25,28)/t15-/m1/s1. The second kappa shape index (κ2) is 8.75. The molecule has 2 aromatic carbocycles. The minimum atomic E-state index is -1.59. The Morgan fingerprint density at radius 1 is 1.07 bits per heavy atom. The third-order valence-corrected chi connectivity index (χ3v) is 5.12. The van der Waals surface area contributed by atoms with Gasteiger partial charge < -0.3 is 5.32 Å². The Hall–Kier alpha value is -2.38. The van der Waals surface area contributed by atoms with E-state index in [1.54, 1.807) is 6.92 Å². The zero-order valence-corrected chi connectivity index (χ0v) is 16.0. The van der Waals surface area contributed by atoms with Crippen LogP contribution < -0.4 is 5.32 Å². The summed E-state index contributed by atoms with van der Waals surface area (Å²) in [4.78, 5) is 16.7. The van der Waals surface area contributed by atoms with Gasteiger partial charge in [0.2, 0.25) is 5.91 Å². The van der Waals surface area contributed by atoms with Crippen molar-refractivity contribution in [3.05, 3.63) is 65.0 Å². The van der Waals surface area contributed by atoms with Crippen molar-refractivity contribution in [2.75, 3.05) is 31.5 Å². The molecule has 0 aliphatic carbocycles. The number of rotatable bonds is 5. The summed E-state index contributed by atoms with van der Waals surface area (Å²) < 4.78 is 40.1. The number of aryl methyl sites for hydroxylation is 1. The molecule has 0 radical (unpaired) electrons. The van der Waals surface area contributed by atoms with E-state index >= 15 is 0 Å². The third kappa shape index (κ3) is 4.72. The summed E-state index contributed by atoms with van der Waals surface area (Å²) in [7, 11) is 0. The van der Waals surface area contributed by atoms with Gasteiger partial charge in [0.15, 0.2) is 17.5 Å².